The van der Waals surface area contributed by atoms with Gasteiger partial charge in [0.05, 0.1) is 6.54 Å². The van der Waals surface area contributed by atoms with Crippen molar-refractivity contribution in [1.29, 1.82) is 0 Å². The van der Waals surface area contributed by atoms with Crippen LogP contribution in [0.2, 0.25) is 0 Å². The molecule has 2 aromatic rings. The quantitative estimate of drug-likeness (QED) is 0.851. The fraction of sp³-hybridized carbons (Fsp3) is 0.500. The molecule has 1 aromatic heterocycles. The maximum Gasteiger partial charge on any atom is 0.146 e. The molecule has 5 heteroatoms. The van der Waals surface area contributed by atoms with Crippen molar-refractivity contribution in [3.05, 3.63) is 46.0 Å². The summed E-state index contributed by atoms with van der Waals surface area (Å²) in [6, 6.07) is 9.30. The molecule has 3 rings (SSSR count). The molecule has 21 heavy (non-hydrogen) atoms. The van der Waals surface area contributed by atoms with E-state index < -0.39 is 0 Å². The van der Waals surface area contributed by atoms with E-state index in [9.17, 15) is 0 Å². The van der Waals surface area contributed by atoms with Crippen LogP contribution in [0.1, 0.15) is 30.1 Å². The molecule has 0 bridgehead atoms. The number of benzene rings is 1. The smallest absolute Gasteiger partial charge is 0.146 e. The normalized spacial score (nSPS) is 19.3. The van der Waals surface area contributed by atoms with Gasteiger partial charge in [-0.05, 0) is 50.4 Å². The van der Waals surface area contributed by atoms with Gasteiger partial charge in [0.25, 0.3) is 0 Å². The van der Waals surface area contributed by atoms with Gasteiger partial charge in [-0.1, -0.05) is 28.1 Å². The van der Waals surface area contributed by atoms with Crippen LogP contribution in [0.5, 0.6) is 0 Å². The van der Waals surface area contributed by atoms with Crippen LogP contribution in [0.25, 0.3) is 0 Å². The highest BCUT2D eigenvalue weighted by Gasteiger charge is 2.26. The Bertz CT molecular complexity index is 605. The zero-order valence-corrected chi connectivity index (χ0v) is 14.2. The number of hydrogen-bond donors (Lipinski definition) is 0. The molecule has 0 radical (unpaired) electrons. The second-order valence-corrected chi connectivity index (χ2v) is 6.74. The van der Waals surface area contributed by atoms with Crippen LogP contribution in [0.3, 0.4) is 0 Å². The van der Waals surface area contributed by atoms with Gasteiger partial charge in [0.1, 0.15) is 11.6 Å². The van der Waals surface area contributed by atoms with E-state index in [0.717, 1.165) is 35.6 Å². The van der Waals surface area contributed by atoms with Crippen LogP contribution in [0, 0.1) is 6.92 Å². The number of aryl methyl sites for hydroxylation is 1. The number of hydrogen-bond acceptors (Lipinski definition) is 3. The van der Waals surface area contributed by atoms with Crippen molar-refractivity contribution in [2.75, 3.05) is 6.54 Å². The molecule has 1 aliphatic rings. The zero-order valence-electron chi connectivity index (χ0n) is 12.6. The van der Waals surface area contributed by atoms with Gasteiger partial charge in [-0.3, -0.25) is 4.90 Å². The Balaban J connectivity index is 1.68. The minimum Gasteiger partial charge on any atom is -0.317 e. The third-order valence-electron chi connectivity index (χ3n) is 4.41. The molecule has 4 nitrogen and oxygen atoms in total. The Kier molecular flexibility index (Phi) is 4.40. The van der Waals surface area contributed by atoms with E-state index in [-0.39, 0.29) is 0 Å². The molecule has 1 fully saturated rings. The van der Waals surface area contributed by atoms with Crippen LogP contribution in [0.4, 0.5) is 0 Å². The number of nitrogens with zero attached hydrogens (tertiary/aromatic N) is 4. The predicted molar refractivity (Wildman–Crippen MR) is 87.0 cm³/mol. The third-order valence-corrected chi connectivity index (χ3v) is 4.94. The first-order valence-electron chi connectivity index (χ1n) is 7.47. The van der Waals surface area contributed by atoms with Gasteiger partial charge in [-0.2, -0.15) is 0 Å². The minimum absolute atomic E-state index is 0.614. The molecular formula is C16H21BrN4. The molecule has 1 saturated heterocycles. The summed E-state index contributed by atoms with van der Waals surface area (Å²) in [4.78, 5) is 2.55. The topological polar surface area (TPSA) is 34.0 Å². The minimum atomic E-state index is 0.614. The molecule has 0 saturated carbocycles. The van der Waals surface area contributed by atoms with Crippen molar-refractivity contribution in [3.63, 3.8) is 0 Å². The first-order valence-corrected chi connectivity index (χ1v) is 8.26. The molecule has 0 unspecified atom stereocenters. The highest BCUT2D eigenvalue weighted by Crippen LogP contribution is 2.23. The summed E-state index contributed by atoms with van der Waals surface area (Å²) in [7, 11) is 2.05. The SMILES string of the molecule is Cc1nnc(CN2CCC[C@@H]2Cc2ccc(Br)cc2)n1C. The van der Waals surface area contributed by atoms with Crippen LogP contribution in [-0.2, 0) is 20.0 Å². The summed E-state index contributed by atoms with van der Waals surface area (Å²) in [5.41, 5.74) is 1.41. The lowest BCUT2D eigenvalue weighted by atomic mass is 10.0. The summed E-state index contributed by atoms with van der Waals surface area (Å²) in [6.45, 7) is 4.06. The summed E-state index contributed by atoms with van der Waals surface area (Å²) in [5.74, 6) is 2.05. The molecular weight excluding hydrogens is 328 g/mol. The van der Waals surface area contributed by atoms with Crippen molar-refractivity contribution in [1.82, 2.24) is 19.7 Å². The predicted octanol–water partition coefficient (Wildman–Crippen LogP) is 3.09. The van der Waals surface area contributed by atoms with E-state index in [2.05, 4.69) is 59.9 Å². The Hall–Kier alpha value is -1.20. The number of rotatable bonds is 4. The van der Waals surface area contributed by atoms with Crippen molar-refractivity contribution >= 4 is 15.9 Å². The highest BCUT2D eigenvalue weighted by molar-refractivity contribution is 9.10. The van der Waals surface area contributed by atoms with E-state index >= 15 is 0 Å². The summed E-state index contributed by atoms with van der Waals surface area (Å²) in [6.07, 6.45) is 3.66. The van der Waals surface area contributed by atoms with E-state index in [0.29, 0.717) is 6.04 Å². The molecule has 0 aliphatic carbocycles. The van der Waals surface area contributed by atoms with Crippen molar-refractivity contribution in [2.24, 2.45) is 7.05 Å². The van der Waals surface area contributed by atoms with Crippen molar-refractivity contribution in [3.8, 4) is 0 Å². The summed E-state index contributed by atoms with van der Waals surface area (Å²) in [5, 5.41) is 8.46. The Morgan fingerprint density at radius 1 is 1.24 bits per heavy atom. The average Bonchev–Trinajstić information content (AvgIpc) is 3.04. The molecule has 1 aliphatic heterocycles. The lowest BCUT2D eigenvalue weighted by molar-refractivity contribution is 0.235. The van der Waals surface area contributed by atoms with Gasteiger partial charge in [-0.25, -0.2) is 0 Å². The second kappa shape index (κ2) is 6.28. The molecule has 1 atom stereocenters. The van der Waals surface area contributed by atoms with Crippen molar-refractivity contribution in [2.45, 2.75) is 38.8 Å². The first kappa shape index (κ1) is 14.7. The van der Waals surface area contributed by atoms with Gasteiger partial charge >= 0.3 is 0 Å². The largest absolute Gasteiger partial charge is 0.317 e. The molecule has 1 aromatic carbocycles. The van der Waals surface area contributed by atoms with Crippen LogP contribution >= 0.6 is 15.9 Å². The lowest BCUT2D eigenvalue weighted by Gasteiger charge is -2.24. The number of aromatic nitrogens is 3. The highest BCUT2D eigenvalue weighted by atomic mass is 79.9. The van der Waals surface area contributed by atoms with Gasteiger partial charge in [-0.15, -0.1) is 10.2 Å². The van der Waals surface area contributed by atoms with E-state index in [1.807, 2.05) is 14.0 Å². The summed E-state index contributed by atoms with van der Waals surface area (Å²) < 4.78 is 3.23. The first-order chi connectivity index (χ1) is 10.1. The Labute approximate surface area is 134 Å². The van der Waals surface area contributed by atoms with E-state index in [4.69, 9.17) is 0 Å². The van der Waals surface area contributed by atoms with E-state index in [1.165, 1.54) is 18.4 Å². The van der Waals surface area contributed by atoms with Crippen molar-refractivity contribution < 1.29 is 0 Å². The molecule has 0 N–H and O–H groups in total. The fourth-order valence-electron chi connectivity index (χ4n) is 3.00. The Morgan fingerprint density at radius 2 is 2.00 bits per heavy atom. The monoisotopic (exact) mass is 348 g/mol. The maximum absolute atomic E-state index is 4.30. The molecule has 112 valence electrons. The van der Waals surface area contributed by atoms with Gasteiger partial charge in [0.15, 0.2) is 0 Å². The van der Waals surface area contributed by atoms with Gasteiger partial charge < -0.3 is 4.57 Å². The number of likely N-dealkylation sites (tertiary alicyclic amines) is 1. The van der Waals surface area contributed by atoms with Gasteiger partial charge in [0, 0.05) is 17.6 Å². The second-order valence-electron chi connectivity index (χ2n) is 5.82. The molecule has 2 heterocycles. The maximum atomic E-state index is 4.30. The zero-order chi connectivity index (χ0) is 14.8. The Morgan fingerprint density at radius 3 is 2.67 bits per heavy atom. The fourth-order valence-corrected chi connectivity index (χ4v) is 3.26. The van der Waals surface area contributed by atoms with Crippen LogP contribution < -0.4 is 0 Å². The summed E-state index contributed by atoms with van der Waals surface area (Å²) >= 11 is 3.50. The molecule has 0 amide bonds. The average molecular weight is 349 g/mol. The lowest BCUT2D eigenvalue weighted by Crippen LogP contribution is -2.31. The van der Waals surface area contributed by atoms with Gasteiger partial charge in [0.2, 0.25) is 0 Å². The van der Waals surface area contributed by atoms with Crippen LogP contribution in [-0.4, -0.2) is 32.3 Å². The standard InChI is InChI=1S/C16H21BrN4/c1-12-18-19-16(20(12)2)11-21-9-3-4-15(21)10-13-5-7-14(17)8-6-13/h5-8,15H,3-4,9-11H2,1-2H3/t15-/m1/s1. The van der Waals surface area contributed by atoms with Crippen LogP contribution in [0.15, 0.2) is 28.7 Å². The third kappa shape index (κ3) is 3.35. The number of halogens is 1. The molecule has 0 spiro atoms. The van der Waals surface area contributed by atoms with E-state index in [1.54, 1.807) is 0 Å².